The zero-order valence-corrected chi connectivity index (χ0v) is 18.2. The topological polar surface area (TPSA) is 75.4 Å². The van der Waals surface area contributed by atoms with Crippen LogP contribution in [0.5, 0.6) is 0 Å². The zero-order chi connectivity index (χ0) is 22.5. The molecule has 7 nitrogen and oxygen atoms in total. The molecule has 1 fully saturated rings. The second-order valence-electron chi connectivity index (χ2n) is 8.11. The van der Waals surface area contributed by atoms with Crippen molar-refractivity contribution >= 4 is 17.5 Å². The van der Waals surface area contributed by atoms with E-state index in [0.29, 0.717) is 23.8 Å². The van der Waals surface area contributed by atoms with Gasteiger partial charge in [-0.05, 0) is 54.8 Å². The second-order valence-corrected chi connectivity index (χ2v) is 8.11. The highest BCUT2D eigenvalue weighted by atomic mass is 16.3. The zero-order valence-electron chi connectivity index (χ0n) is 18.2. The number of pyridine rings is 1. The highest BCUT2D eigenvalue weighted by molar-refractivity contribution is 5.94. The standard InChI is InChI=1S/C26H25N5O2/c32-26(31(24-10-4-5-15-27-24)19-20-7-2-1-3-8-20)21-13-16-30(17-14-21)25-12-11-22(28-29-25)23-9-6-18-33-23/h1-12,15,18,21H,13-14,16-17,19H2. The molecule has 4 heterocycles. The van der Waals surface area contributed by atoms with E-state index >= 15 is 0 Å². The molecule has 0 unspecified atom stereocenters. The number of furan rings is 1. The summed E-state index contributed by atoms with van der Waals surface area (Å²) in [7, 11) is 0. The first-order valence-electron chi connectivity index (χ1n) is 11.2. The van der Waals surface area contributed by atoms with E-state index in [9.17, 15) is 4.79 Å². The van der Waals surface area contributed by atoms with Crippen LogP contribution in [0.15, 0.2) is 89.7 Å². The number of anilines is 2. The van der Waals surface area contributed by atoms with E-state index in [1.165, 1.54) is 0 Å². The number of nitrogens with zero attached hydrogens (tertiary/aromatic N) is 5. The van der Waals surface area contributed by atoms with Gasteiger partial charge in [0.2, 0.25) is 5.91 Å². The normalized spacial score (nSPS) is 14.2. The van der Waals surface area contributed by atoms with Crippen molar-refractivity contribution in [3.8, 4) is 11.5 Å². The summed E-state index contributed by atoms with van der Waals surface area (Å²) in [6.45, 7) is 2.02. The molecule has 1 aliphatic rings. The van der Waals surface area contributed by atoms with E-state index in [0.717, 1.165) is 37.3 Å². The van der Waals surface area contributed by atoms with Gasteiger partial charge in [-0.15, -0.1) is 10.2 Å². The number of carbonyl (C=O) groups excluding carboxylic acids is 1. The fourth-order valence-electron chi connectivity index (χ4n) is 4.18. The summed E-state index contributed by atoms with van der Waals surface area (Å²) in [4.78, 5) is 22.0. The monoisotopic (exact) mass is 439 g/mol. The van der Waals surface area contributed by atoms with Crippen LogP contribution < -0.4 is 9.80 Å². The molecule has 0 aliphatic carbocycles. The number of amides is 1. The Bertz CT molecular complexity index is 1160. The Balaban J connectivity index is 1.26. The SMILES string of the molecule is O=C(C1CCN(c2ccc(-c3ccco3)nn2)CC1)N(Cc1ccccc1)c1ccccn1. The predicted octanol–water partition coefficient (Wildman–Crippen LogP) is 4.58. The first kappa shape index (κ1) is 20.9. The van der Waals surface area contributed by atoms with Crippen LogP contribution in [0.25, 0.3) is 11.5 Å². The molecule has 3 aromatic heterocycles. The fourth-order valence-corrected chi connectivity index (χ4v) is 4.18. The molecule has 0 bridgehead atoms. The van der Waals surface area contributed by atoms with Crippen LogP contribution in [0.1, 0.15) is 18.4 Å². The van der Waals surface area contributed by atoms with Crippen molar-refractivity contribution in [2.24, 2.45) is 5.92 Å². The van der Waals surface area contributed by atoms with E-state index < -0.39 is 0 Å². The lowest BCUT2D eigenvalue weighted by Gasteiger charge is -2.34. The van der Waals surface area contributed by atoms with Gasteiger partial charge in [-0.1, -0.05) is 36.4 Å². The predicted molar refractivity (Wildman–Crippen MR) is 127 cm³/mol. The van der Waals surface area contributed by atoms with E-state index in [2.05, 4.69) is 20.1 Å². The number of hydrogen-bond donors (Lipinski definition) is 0. The molecule has 0 radical (unpaired) electrons. The lowest BCUT2D eigenvalue weighted by molar-refractivity contribution is -0.123. The maximum atomic E-state index is 13.6. The van der Waals surface area contributed by atoms with Gasteiger partial charge in [0.05, 0.1) is 12.8 Å². The average molecular weight is 440 g/mol. The molecule has 1 aromatic carbocycles. The van der Waals surface area contributed by atoms with Crippen LogP contribution >= 0.6 is 0 Å². The van der Waals surface area contributed by atoms with Gasteiger partial charge in [0, 0.05) is 25.2 Å². The summed E-state index contributed by atoms with van der Waals surface area (Å²) < 4.78 is 5.38. The van der Waals surface area contributed by atoms with Crippen LogP contribution in [0, 0.1) is 5.92 Å². The molecule has 1 saturated heterocycles. The van der Waals surface area contributed by atoms with Crippen molar-refractivity contribution in [2.75, 3.05) is 22.9 Å². The fraction of sp³-hybridized carbons (Fsp3) is 0.231. The average Bonchev–Trinajstić information content (AvgIpc) is 3.43. The lowest BCUT2D eigenvalue weighted by atomic mass is 9.95. The maximum Gasteiger partial charge on any atom is 0.231 e. The molecule has 5 rings (SSSR count). The maximum absolute atomic E-state index is 13.6. The Morgan fingerprint density at radius 3 is 2.42 bits per heavy atom. The summed E-state index contributed by atoms with van der Waals surface area (Å²) >= 11 is 0. The minimum absolute atomic E-state index is 0.0534. The number of carbonyl (C=O) groups is 1. The minimum Gasteiger partial charge on any atom is -0.463 e. The summed E-state index contributed by atoms with van der Waals surface area (Å²) in [6.07, 6.45) is 4.88. The molecule has 1 amide bonds. The van der Waals surface area contributed by atoms with Crippen LogP contribution in [-0.2, 0) is 11.3 Å². The van der Waals surface area contributed by atoms with Gasteiger partial charge in [-0.3, -0.25) is 9.69 Å². The Morgan fingerprint density at radius 1 is 0.939 bits per heavy atom. The largest absolute Gasteiger partial charge is 0.463 e. The molecular formula is C26H25N5O2. The molecule has 0 saturated carbocycles. The molecule has 1 aliphatic heterocycles. The Labute approximate surface area is 192 Å². The summed E-state index contributed by atoms with van der Waals surface area (Å²) in [6, 6.07) is 23.3. The molecule has 166 valence electrons. The van der Waals surface area contributed by atoms with Crippen LogP contribution in [0.2, 0.25) is 0 Å². The third kappa shape index (κ3) is 4.77. The smallest absolute Gasteiger partial charge is 0.231 e. The van der Waals surface area contributed by atoms with Crippen LogP contribution in [0.4, 0.5) is 11.6 Å². The van der Waals surface area contributed by atoms with Crippen LogP contribution in [0.3, 0.4) is 0 Å². The van der Waals surface area contributed by atoms with Gasteiger partial charge < -0.3 is 9.32 Å². The van der Waals surface area contributed by atoms with Crippen molar-refractivity contribution in [3.63, 3.8) is 0 Å². The van der Waals surface area contributed by atoms with E-state index in [1.807, 2.05) is 77.7 Å². The molecule has 4 aromatic rings. The number of benzene rings is 1. The number of piperidine rings is 1. The molecule has 33 heavy (non-hydrogen) atoms. The van der Waals surface area contributed by atoms with Gasteiger partial charge in [0.15, 0.2) is 11.6 Å². The first-order chi connectivity index (χ1) is 16.3. The Kier molecular flexibility index (Phi) is 6.10. The Morgan fingerprint density at radius 2 is 1.76 bits per heavy atom. The van der Waals surface area contributed by atoms with Crippen molar-refractivity contribution in [3.05, 3.63) is 90.8 Å². The van der Waals surface area contributed by atoms with E-state index in [1.54, 1.807) is 12.5 Å². The highest BCUT2D eigenvalue weighted by Crippen LogP contribution is 2.27. The third-order valence-corrected chi connectivity index (χ3v) is 5.97. The van der Waals surface area contributed by atoms with Crippen molar-refractivity contribution in [1.29, 1.82) is 0 Å². The lowest BCUT2D eigenvalue weighted by Crippen LogP contribution is -2.43. The number of hydrogen-bond acceptors (Lipinski definition) is 6. The summed E-state index contributed by atoms with van der Waals surface area (Å²) in [5, 5.41) is 8.67. The first-order valence-corrected chi connectivity index (χ1v) is 11.2. The molecular weight excluding hydrogens is 414 g/mol. The third-order valence-electron chi connectivity index (χ3n) is 5.97. The molecule has 0 spiro atoms. The van der Waals surface area contributed by atoms with Crippen LogP contribution in [-0.4, -0.2) is 34.2 Å². The number of rotatable bonds is 6. The highest BCUT2D eigenvalue weighted by Gasteiger charge is 2.30. The van der Waals surface area contributed by atoms with Gasteiger partial charge in [0.25, 0.3) is 0 Å². The summed E-state index contributed by atoms with van der Waals surface area (Å²) in [5.41, 5.74) is 1.79. The van der Waals surface area contributed by atoms with Crippen molar-refractivity contribution in [1.82, 2.24) is 15.2 Å². The molecule has 0 atom stereocenters. The van der Waals surface area contributed by atoms with Gasteiger partial charge in [-0.25, -0.2) is 4.98 Å². The Hall–Kier alpha value is -4.00. The van der Waals surface area contributed by atoms with Crippen molar-refractivity contribution < 1.29 is 9.21 Å². The quantitative estimate of drug-likeness (QED) is 0.438. The van der Waals surface area contributed by atoms with Gasteiger partial charge in [0.1, 0.15) is 11.5 Å². The second kappa shape index (κ2) is 9.65. The van der Waals surface area contributed by atoms with E-state index in [-0.39, 0.29) is 11.8 Å². The van der Waals surface area contributed by atoms with Gasteiger partial charge >= 0.3 is 0 Å². The van der Waals surface area contributed by atoms with Gasteiger partial charge in [-0.2, -0.15) is 0 Å². The molecule has 0 N–H and O–H groups in total. The minimum atomic E-state index is -0.0534. The van der Waals surface area contributed by atoms with E-state index in [4.69, 9.17) is 4.42 Å². The summed E-state index contributed by atoms with van der Waals surface area (Å²) in [5.74, 6) is 2.28. The van der Waals surface area contributed by atoms with Crippen molar-refractivity contribution in [2.45, 2.75) is 19.4 Å². The number of aromatic nitrogens is 3. The molecule has 7 heteroatoms.